The molecule has 1 aromatic rings. The molecule has 2 heterocycles. The molecule has 2 rings (SSSR count). The number of rotatable bonds is 10. The van der Waals surface area contributed by atoms with Crippen LogP contribution in [0.3, 0.4) is 0 Å². The first kappa shape index (κ1) is 20.5. The summed E-state index contributed by atoms with van der Waals surface area (Å²) < 4.78 is 11.2. The first-order valence-electron chi connectivity index (χ1n) is 9.75. The minimum atomic E-state index is -0.0892. The van der Waals surface area contributed by atoms with Gasteiger partial charge in [-0.3, -0.25) is 9.59 Å². The molecule has 0 radical (unpaired) electrons. The van der Waals surface area contributed by atoms with Crippen molar-refractivity contribution in [3.05, 3.63) is 23.2 Å². The number of nitrogens with zero attached hydrogens (tertiary/aromatic N) is 1. The maximum atomic E-state index is 13.0. The van der Waals surface area contributed by atoms with Gasteiger partial charge >= 0.3 is 0 Å². The zero-order valence-electron chi connectivity index (χ0n) is 16.3. The number of ether oxygens (including phenoxy) is 1. The monoisotopic (exact) mass is 364 g/mol. The normalized spacial score (nSPS) is 16.7. The lowest BCUT2D eigenvalue weighted by Gasteiger charge is -2.25. The second kappa shape index (κ2) is 10.4. The smallest absolute Gasteiger partial charge is 0.257 e. The highest BCUT2D eigenvalue weighted by atomic mass is 16.5. The number of unbranched alkanes of at least 4 members (excludes halogenated alkanes) is 2. The topological polar surface area (TPSA) is 71.8 Å². The molecule has 0 aliphatic carbocycles. The summed E-state index contributed by atoms with van der Waals surface area (Å²) in [4.78, 5) is 26.8. The third-order valence-electron chi connectivity index (χ3n) is 4.72. The van der Waals surface area contributed by atoms with Crippen LogP contribution in [0.4, 0.5) is 0 Å². The number of carbonyl (C=O) groups is 2. The summed E-state index contributed by atoms with van der Waals surface area (Å²) in [5.41, 5.74) is 0.573. The Kier molecular flexibility index (Phi) is 8.16. The Morgan fingerprint density at radius 3 is 2.73 bits per heavy atom. The van der Waals surface area contributed by atoms with E-state index in [1.807, 2.05) is 6.92 Å². The highest BCUT2D eigenvalue weighted by molar-refractivity contribution is 5.95. The van der Waals surface area contributed by atoms with Crippen LogP contribution in [0, 0.1) is 13.8 Å². The molecule has 1 saturated heterocycles. The van der Waals surface area contributed by atoms with Crippen LogP contribution in [0.25, 0.3) is 0 Å². The average Bonchev–Trinajstić information content (AvgIpc) is 3.24. The Bertz CT molecular complexity index is 591. The van der Waals surface area contributed by atoms with Crippen LogP contribution in [0.15, 0.2) is 10.5 Å². The second-order valence-electron chi connectivity index (χ2n) is 7.02. The van der Waals surface area contributed by atoms with Gasteiger partial charge in [0.25, 0.3) is 5.91 Å². The molecular weight excluding hydrogens is 332 g/mol. The van der Waals surface area contributed by atoms with Gasteiger partial charge in [0.15, 0.2) is 0 Å². The summed E-state index contributed by atoms with van der Waals surface area (Å²) in [6, 6.07) is 1.77. The molecule has 0 aromatic carbocycles. The predicted octanol–water partition coefficient (Wildman–Crippen LogP) is 3.21. The van der Waals surface area contributed by atoms with E-state index in [0.29, 0.717) is 37.4 Å². The Labute approximate surface area is 156 Å². The van der Waals surface area contributed by atoms with Gasteiger partial charge in [0, 0.05) is 32.7 Å². The first-order chi connectivity index (χ1) is 12.5. The van der Waals surface area contributed by atoms with E-state index in [1.54, 1.807) is 17.9 Å². The van der Waals surface area contributed by atoms with Crippen molar-refractivity contribution in [2.45, 2.75) is 65.4 Å². The van der Waals surface area contributed by atoms with E-state index < -0.39 is 0 Å². The van der Waals surface area contributed by atoms with Crippen molar-refractivity contribution in [2.24, 2.45) is 0 Å². The average molecular weight is 364 g/mol. The fourth-order valence-corrected chi connectivity index (χ4v) is 3.25. The molecule has 6 heteroatoms. The van der Waals surface area contributed by atoms with Crippen LogP contribution in [0.2, 0.25) is 0 Å². The zero-order valence-corrected chi connectivity index (χ0v) is 16.3. The number of furan rings is 1. The molecule has 0 bridgehead atoms. The molecule has 1 N–H and O–H groups in total. The standard InChI is InChI=1S/C20H32N2O4/c1-4-5-6-10-21-19(23)9-11-22(14-17-8-7-12-25-17)20(24)18-13-15(2)26-16(18)3/h13,17H,4-12,14H2,1-3H3,(H,21,23). The van der Waals surface area contributed by atoms with Crippen LogP contribution in [-0.4, -0.2) is 49.1 Å². The molecule has 1 aromatic heterocycles. The van der Waals surface area contributed by atoms with Crippen molar-refractivity contribution < 1.29 is 18.7 Å². The van der Waals surface area contributed by atoms with Gasteiger partial charge in [-0.15, -0.1) is 0 Å². The third-order valence-corrected chi connectivity index (χ3v) is 4.72. The minimum absolute atomic E-state index is 0.00802. The molecule has 1 aliphatic heterocycles. The maximum Gasteiger partial charge on any atom is 0.257 e. The second-order valence-corrected chi connectivity index (χ2v) is 7.02. The Hall–Kier alpha value is -1.82. The number of aryl methyl sites for hydroxylation is 2. The molecular formula is C20H32N2O4. The van der Waals surface area contributed by atoms with Crippen LogP contribution >= 0.6 is 0 Å². The molecule has 6 nitrogen and oxygen atoms in total. The van der Waals surface area contributed by atoms with Crippen molar-refractivity contribution >= 4 is 11.8 Å². The largest absolute Gasteiger partial charge is 0.466 e. The maximum absolute atomic E-state index is 13.0. The molecule has 0 spiro atoms. The fourth-order valence-electron chi connectivity index (χ4n) is 3.25. The van der Waals surface area contributed by atoms with Gasteiger partial charge in [-0.2, -0.15) is 0 Å². The van der Waals surface area contributed by atoms with Crippen LogP contribution < -0.4 is 5.32 Å². The van der Waals surface area contributed by atoms with Gasteiger partial charge in [0.2, 0.25) is 5.91 Å². The quantitative estimate of drug-likeness (QED) is 0.647. The van der Waals surface area contributed by atoms with E-state index in [0.717, 1.165) is 44.5 Å². The molecule has 1 fully saturated rings. The summed E-state index contributed by atoms with van der Waals surface area (Å²) in [5, 5.41) is 2.93. The third kappa shape index (κ3) is 6.16. The van der Waals surface area contributed by atoms with Crippen LogP contribution in [-0.2, 0) is 9.53 Å². The summed E-state index contributed by atoms with van der Waals surface area (Å²) in [6.07, 6.45) is 5.57. The summed E-state index contributed by atoms with van der Waals surface area (Å²) in [5.74, 6) is 1.24. The number of nitrogens with one attached hydrogen (secondary N) is 1. The van der Waals surface area contributed by atoms with E-state index in [4.69, 9.17) is 9.15 Å². The van der Waals surface area contributed by atoms with E-state index in [1.165, 1.54) is 0 Å². The molecule has 2 amide bonds. The van der Waals surface area contributed by atoms with E-state index in [2.05, 4.69) is 12.2 Å². The summed E-state index contributed by atoms with van der Waals surface area (Å²) in [7, 11) is 0. The number of amides is 2. The molecule has 0 saturated carbocycles. The Morgan fingerprint density at radius 1 is 1.31 bits per heavy atom. The fraction of sp³-hybridized carbons (Fsp3) is 0.700. The minimum Gasteiger partial charge on any atom is -0.466 e. The van der Waals surface area contributed by atoms with Crippen molar-refractivity contribution in [3.8, 4) is 0 Å². The SMILES string of the molecule is CCCCCNC(=O)CCN(CC1CCCO1)C(=O)c1cc(C)oc1C. The highest BCUT2D eigenvalue weighted by Crippen LogP contribution is 2.19. The lowest BCUT2D eigenvalue weighted by atomic mass is 10.1. The van der Waals surface area contributed by atoms with Gasteiger partial charge in [-0.25, -0.2) is 0 Å². The van der Waals surface area contributed by atoms with Crippen molar-refractivity contribution in [3.63, 3.8) is 0 Å². The van der Waals surface area contributed by atoms with Crippen molar-refractivity contribution in [1.29, 1.82) is 0 Å². The Balaban J connectivity index is 1.93. The Morgan fingerprint density at radius 2 is 2.12 bits per heavy atom. The lowest BCUT2D eigenvalue weighted by molar-refractivity contribution is -0.121. The van der Waals surface area contributed by atoms with Gasteiger partial charge in [-0.1, -0.05) is 19.8 Å². The molecule has 26 heavy (non-hydrogen) atoms. The van der Waals surface area contributed by atoms with Crippen molar-refractivity contribution in [1.82, 2.24) is 10.2 Å². The van der Waals surface area contributed by atoms with Crippen LogP contribution in [0.1, 0.15) is 67.3 Å². The number of carbonyl (C=O) groups excluding carboxylic acids is 2. The summed E-state index contributed by atoms with van der Waals surface area (Å²) >= 11 is 0. The number of hydrogen-bond acceptors (Lipinski definition) is 4. The first-order valence-corrected chi connectivity index (χ1v) is 9.75. The van der Waals surface area contributed by atoms with E-state index >= 15 is 0 Å². The van der Waals surface area contributed by atoms with Gasteiger partial charge in [0.1, 0.15) is 11.5 Å². The van der Waals surface area contributed by atoms with Gasteiger partial charge < -0.3 is 19.4 Å². The lowest BCUT2D eigenvalue weighted by Crippen LogP contribution is -2.40. The predicted molar refractivity (Wildman–Crippen MR) is 100 cm³/mol. The van der Waals surface area contributed by atoms with Crippen molar-refractivity contribution in [2.75, 3.05) is 26.2 Å². The summed E-state index contributed by atoms with van der Waals surface area (Å²) in [6.45, 7) is 8.12. The zero-order chi connectivity index (χ0) is 18.9. The molecule has 1 unspecified atom stereocenters. The van der Waals surface area contributed by atoms with E-state index in [9.17, 15) is 9.59 Å². The number of hydrogen-bond donors (Lipinski definition) is 1. The van der Waals surface area contributed by atoms with Gasteiger partial charge in [-0.05, 0) is 39.2 Å². The van der Waals surface area contributed by atoms with Gasteiger partial charge in [0.05, 0.1) is 11.7 Å². The molecule has 1 aliphatic rings. The highest BCUT2D eigenvalue weighted by Gasteiger charge is 2.26. The molecule has 1 atom stereocenters. The van der Waals surface area contributed by atoms with E-state index in [-0.39, 0.29) is 17.9 Å². The van der Waals surface area contributed by atoms with Crippen LogP contribution in [0.5, 0.6) is 0 Å². The molecule has 146 valence electrons.